The fraction of sp³-hybridized carbons (Fsp3) is 0.533. The molecular weight excluding hydrogens is 320 g/mol. The summed E-state index contributed by atoms with van der Waals surface area (Å²) in [5.74, 6) is 0.845. The van der Waals surface area contributed by atoms with E-state index in [1.54, 1.807) is 19.2 Å². The standard InChI is InChI=1S/C15H22N2O5S/c1-21-13-8-4-6-11(14(13)22-2)10-16-15(18)12-7-5-9-17(12)23(3,19)20/h4,6,8,12H,5,7,9-10H2,1-3H3,(H,16,18)/t12-/m1/s1. The van der Waals surface area contributed by atoms with Crippen LogP contribution in [0.4, 0.5) is 0 Å². The molecule has 1 aromatic carbocycles. The second-order valence-corrected chi connectivity index (χ2v) is 7.34. The highest BCUT2D eigenvalue weighted by Crippen LogP contribution is 2.30. The Morgan fingerprint density at radius 1 is 1.35 bits per heavy atom. The fourth-order valence-corrected chi connectivity index (χ4v) is 3.92. The molecule has 0 unspecified atom stereocenters. The minimum atomic E-state index is -3.38. The molecule has 0 aliphatic carbocycles. The summed E-state index contributed by atoms with van der Waals surface area (Å²) in [6.07, 6.45) is 2.35. The van der Waals surface area contributed by atoms with E-state index < -0.39 is 16.1 Å². The molecule has 1 aromatic rings. The van der Waals surface area contributed by atoms with Crippen LogP contribution in [-0.4, -0.2) is 51.7 Å². The molecule has 23 heavy (non-hydrogen) atoms. The number of carbonyl (C=O) groups excluding carboxylic acids is 1. The highest BCUT2D eigenvalue weighted by atomic mass is 32.2. The van der Waals surface area contributed by atoms with Crippen LogP contribution in [0.15, 0.2) is 18.2 Å². The van der Waals surface area contributed by atoms with Gasteiger partial charge in [0.15, 0.2) is 11.5 Å². The molecule has 1 saturated heterocycles. The van der Waals surface area contributed by atoms with E-state index in [1.165, 1.54) is 11.4 Å². The zero-order chi connectivity index (χ0) is 17.0. The van der Waals surface area contributed by atoms with Crippen molar-refractivity contribution in [1.29, 1.82) is 0 Å². The molecule has 0 aromatic heterocycles. The van der Waals surface area contributed by atoms with E-state index in [0.29, 0.717) is 30.9 Å². The molecule has 1 fully saturated rings. The molecule has 2 rings (SSSR count). The smallest absolute Gasteiger partial charge is 0.238 e. The molecule has 7 nitrogen and oxygen atoms in total. The van der Waals surface area contributed by atoms with Crippen LogP contribution in [-0.2, 0) is 21.4 Å². The molecule has 1 atom stereocenters. The lowest BCUT2D eigenvalue weighted by Crippen LogP contribution is -2.45. The van der Waals surface area contributed by atoms with Crippen LogP contribution in [0, 0.1) is 0 Å². The number of ether oxygens (including phenoxy) is 2. The number of benzene rings is 1. The van der Waals surface area contributed by atoms with Crippen molar-refractivity contribution in [3.8, 4) is 11.5 Å². The van der Waals surface area contributed by atoms with Gasteiger partial charge < -0.3 is 14.8 Å². The molecule has 1 amide bonds. The summed E-state index contributed by atoms with van der Waals surface area (Å²) in [6, 6.07) is 4.76. The fourth-order valence-electron chi connectivity index (χ4n) is 2.79. The van der Waals surface area contributed by atoms with Crippen molar-refractivity contribution in [1.82, 2.24) is 9.62 Å². The van der Waals surface area contributed by atoms with Crippen molar-refractivity contribution >= 4 is 15.9 Å². The largest absolute Gasteiger partial charge is 0.493 e. The number of para-hydroxylation sites is 1. The number of hydrogen-bond acceptors (Lipinski definition) is 5. The lowest BCUT2D eigenvalue weighted by molar-refractivity contribution is -0.124. The van der Waals surface area contributed by atoms with Crippen LogP contribution in [0.3, 0.4) is 0 Å². The molecule has 128 valence electrons. The third kappa shape index (κ3) is 3.94. The van der Waals surface area contributed by atoms with Crippen LogP contribution < -0.4 is 14.8 Å². The number of sulfonamides is 1. The number of rotatable bonds is 6. The first kappa shape index (κ1) is 17.6. The van der Waals surface area contributed by atoms with Crippen molar-refractivity contribution in [2.24, 2.45) is 0 Å². The molecular formula is C15H22N2O5S. The van der Waals surface area contributed by atoms with Gasteiger partial charge in [-0.3, -0.25) is 4.79 Å². The van der Waals surface area contributed by atoms with Gasteiger partial charge in [-0.2, -0.15) is 4.31 Å². The Hall–Kier alpha value is -1.80. The molecule has 1 N–H and O–H groups in total. The Labute approximate surface area is 136 Å². The summed E-state index contributed by atoms with van der Waals surface area (Å²) in [5.41, 5.74) is 0.768. The van der Waals surface area contributed by atoms with E-state index in [4.69, 9.17) is 9.47 Å². The van der Waals surface area contributed by atoms with Gasteiger partial charge in [0.25, 0.3) is 0 Å². The van der Waals surface area contributed by atoms with Crippen LogP contribution in [0.5, 0.6) is 11.5 Å². The molecule has 0 bridgehead atoms. The lowest BCUT2D eigenvalue weighted by atomic mass is 10.1. The van der Waals surface area contributed by atoms with Crippen LogP contribution in [0.25, 0.3) is 0 Å². The second-order valence-electron chi connectivity index (χ2n) is 5.40. The van der Waals surface area contributed by atoms with E-state index >= 15 is 0 Å². The van der Waals surface area contributed by atoms with Crippen molar-refractivity contribution < 1.29 is 22.7 Å². The zero-order valence-corrected chi connectivity index (χ0v) is 14.4. The second kappa shape index (κ2) is 7.18. The summed E-state index contributed by atoms with van der Waals surface area (Å²) >= 11 is 0. The predicted molar refractivity (Wildman–Crippen MR) is 86.0 cm³/mol. The minimum Gasteiger partial charge on any atom is -0.493 e. The van der Waals surface area contributed by atoms with Crippen molar-refractivity contribution in [2.45, 2.75) is 25.4 Å². The summed E-state index contributed by atoms with van der Waals surface area (Å²) in [4.78, 5) is 12.3. The molecule has 0 spiro atoms. The maximum absolute atomic E-state index is 12.3. The number of nitrogens with one attached hydrogen (secondary N) is 1. The van der Waals surface area contributed by atoms with Gasteiger partial charge in [-0.15, -0.1) is 0 Å². The van der Waals surface area contributed by atoms with E-state index in [-0.39, 0.29) is 12.5 Å². The van der Waals surface area contributed by atoms with Gasteiger partial charge in [0.05, 0.1) is 20.5 Å². The van der Waals surface area contributed by atoms with Crippen LogP contribution in [0.1, 0.15) is 18.4 Å². The summed E-state index contributed by atoms with van der Waals surface area (Å²) < 4.78 is 35.2. The van der Waals surface area contributed by atoms with Crippen molar-refractivity contribution in [3.05, 3.63) is 23.8 Å². The first-order valence-electron chi connectivity index (χ1n) is 7.33. The highest BCUT2D eigenvalue weighted by molar-refractivity contribution is 7.88. The third-order valence-electron chi connectivity index (χ3n) is 3.87. The molecule has 8 heteroatoms. The Kier molecular flexibility index (Phi) is 5.48. The average Bonchev–Trinajstić information content (AvgIpc) is 3.01. The first-order chi connectivity index (χ1) is 10.9. The Morgan fingerprint density at radius 2 is 2.09 bits per heavy atom. The number of carbonyl (C=O) groups is 1. The molecule has 1 heterocycles. The monoisotopic (exact) mass is 342 g/mol. The number of hydrogen-bond donors (Lipinski definition) is 1. The van der Waals surface area contributed by atoms with Crippen LogP contribution >= 0.6 is 0 Å². The topological polar surface area (TPSA) is 84.9 Å². The van der Waals surface area contributed by atoms with Gasteiger partial charge >= 0.3 is 0 Å². The maximum atomic E-state index is 12.3. The van der Waals surface area contributed by atoms with Gasteiger partial charge in [0.2, 0.25) is 15.9 Å². The SMILES string of the molecule is COc1cccc(CNC(=O)[C@H]2CCCN2S(C)(=O)=O)c1OC. The summed E-state index contributed by atoms with van der Waals surface area (Å²) in [6.45, 7) is 0.632. The zero-order valence-electron chi connectivity index (χ0n) is 13.5. The van der Waals surface area contributed by atoms with Crippen LogP contribution in [0.2, 0.25) is 0 Å². The van der Waals surface area contributed by atoms with Gasteiger partial charge in [-0.25, -0.2) is 8.42 Å². The molecule has 0 saturated carbocycles. The van der Waals surface area contributed by atoms with Crippen molar-refractivity contribution in [3.63, 3.8) is 0 Å². The van der Waals surface area contributed by atoms with Crippen molar-refractivity contribution in [2.75, 3.05) is 27.0 Å². The Morgan fingerprint density at radius 3 is 2.70 bits per heavy atom. The number of amides is 1. The third-order valence-corrected chi connectivity index (χ3v) is 5.16. The predicted octanol–water partition coefficient (Wildman–Crippen LogP) is 0.744. The Bertz CT molecular complexity index is 674. The Balaban J connectivity index is 2.08. The quantitative estimate of drug-likeness (QED) is 0.824. The molecule has 0 radical (unpaired) electrons. The number of nitrogens with zero attached hydrogens (tertiary/aromatic N) is 1. The van der Waals surface area contributed by atoms with Gasteiger partial charge in [0.1, 0.15) is 6.04 Å². The van der Waals surface area contributed by atoms with E-state index in [1.807, 2.05) is 6.07 Å². The number of methoxy groups -OCH3 is 2. The van der Waals surface area contributed by atoms with E-state index in [2.05, 4.69) is 5.32 Å². The highest BCUT2D eigenvalue weighted by Gasteiger charge is 2.36. The molecule has 1 aliphatic rings. The summed E-state index contributed by atoms with van der Waals surface area (Å²) in [7, 11) is -0.298. The maximum Gasteiger partial charge on any atom is 0.238 e. The van der Waals surface area contributed by atoms with E-state index in [0.717, 1.165) is 11.8 Å². The normalized spacial score (nSPS) is 18.7. The van der Waals surface area contributed by atoms with Gasteiger partial charge in [0, 0.05) is 18.7 Å². The van der Waals surface area contributed by atoms with E-state index in [9.17, 15) is 13.2 Å². The molecule has 1 aliphatic heterocycles. The summed E-state index contributed by atoms with van der Waals surface area (Å²) in [5, 5.41) is 2.79. The first-order valence-corrected chi connectivity index (χ1v) is 9.17. The van der Waals surface area contributed by atoms with Gasteiger partial charge in [-0.1, -0.05) is 12.1 Å². The van der Waals surface area contributed by atoms with Gasteiger partial charge in [-0.05, 0) is 18.9 Å². The lowest BCUT2D eigenvalue weighted by Gasteiger charge is -2.21. The minimum absolute atomic E-state index is 0.243. The average molecular weight is 342 g/mol.